The molecular formula is C9H12N2O3S2. The van der Waals surface area contributed by atoms with Crippen LogP contribution in [0.15, 0.2) is 12.7 Å². The van der Waals surface area contributed by atoms with Gasteiger partial charge in [-0.3, -0.25) is 9.59 Å². The summed E-state index contributed by atoms with van der Waals surface area (Å²) < 4.78 is 5.16. The molecule has 2 amide bonds. The predicted octanol–water partition coefficient (Wildman–Crippen LogP) is -0.193. The van der Waals surface area contributed by atoms with Crippen molar-refractivity contribution >= 4 is 40.9 Å². The summed E-state index contributed by atoms with van der Waals surface area (Å²) in [6, 6.07) is 0. The minimum atomic E-state index is -0.941. The van der Waals surface area contributed by atoms with Gasteiger partial charge in [-0.2, -0.15) is 0 Å². The van der Waals surface area contributed by atoms with Crippen molar-refractivity contribution in [3.05, 3.63) is 12.7 Å². The van der Waals surface area contributed by atoms with Gasteiger partial charge in [0.25, 0.3) is 5.91 Å². The number of rotatable bonds is 4. The lowest BCUT2D eigenvalue weighted by Gasteiger charge is -2.27. The van der Waals surface area contributed by atoms with Gasteiger partial charge in [0.05, 0.1) is 5.75 Å². The maximum Gasteiger partial charge on any atom is 0.251 e. The van der Waals surface area contributed by atoms with Crippen LogP contribution in [0.2, 0.25) is 0 Å². The molecule has 1 heterocycles. The van der Waals surface area contributed by atoms with Gasteiger partial charge in [0.2, 0.25) is 5.91 Å². The van der Waals surface area contributed by atoms with Crippen molar-refractivity contribution in [3.63, 3.8) is 0 Å². The Kier molecular flexibility index (Phi) is 4.91. The van der Waals surface area contributed by atoms with E-state index < -0.39 is 23.8 Å². The van der Waals surface area contributed by atoms with E-state index in [1.807, 2.05) is 0 Å². The number of carbonyl (C=O) groups is 2. The van der Waals surface area contributed by atoms with Crippen molar-refractivity contribution in [1.82, 2.24) is 5.32 Å². The normalized spacial score (nSPS) is 24.9. The minimum Gasteiger partial charge on any atom is -0.369 e. The molecule has 1 aliphatic heterocycles. The summed E-state index contributed by atoms with van der Waals surface area (Å²) in [5, 5.41) is 2.54. The fourth-order valence-electron chi connectivity index (χ4n) is 1.26. The molecule has 0 spiro atoms. The summed E-state index contributed by atoms with van der Waals surface area (Å²) in [6.45, 7) is 3.78. The van der Waals surface area contributed by atoms with Crippen LogP contribution in [0.4, 0.5) is 0 Å². The third-order valence-corrected chi connectivity index (χ3v) is 3.36. The molecule has 3 N–H and O–H groups in total. The Labute approximate surface area is 103 Å². The molecule has 88 valence electrons. The standard InChI is InChI=1S/C9H12N2O3S2/c1-2-3-11-9(13)7-6(8(10)12)5(15)4-16-14-7/h2,6-7H,1,3-4H2,(H2,10,12)(H,11,13). The summed E-state index contributed by atoms with van der Waals surface area (Å²) in [6.07, 6.45) is 0.592. The van der Waals surface area contributed by atoms with E-state index in [-0.39, 0.29) is 0 Å². The zero-order valence-electron chi connectivity index (χ0n) is 8.47. The highest BCUT2D eigenvalue weighted by Gasteiger charge is 2.39. The highest BCUT2D eigenvalue weighted by atomic mass is 32.2. The summed E-state index contributed by atoms with van der Waals surface area (Å²) >= 11 is 6.07. The average Bonchev–Trinajstić information content (AvgIpc) is 2.24. The number of amides is 2. The molecule has 0 bridgehead atoms. The number of hydrogen-bond acceptors (Lipinski definition) is 5. The number of primary amides is 1. The first-order valence-electron chi connectivity index (χ1n) is 4.57. The largest absolute Gasteiger partial charge is 0.369 e. The predicted molar refractivity (Wildman–Crippen MR) is 65.8 cm³/mol. The van der Waals surface area contributed by atoms with E-state index in [9.17, 15) is 9.59 Å². The Morgan fingerprint density at radius 1 is 1.75 bits per heavy atom. The topological polar surface area (TPSA) is 81.4 Å². The summed E-state index contributed by atoms with van der Waals surface area (Å²) in [7, 11) is 0. The lowest BCUT2D eigenvalue weighted by atomic mass is 9.97. The van der Waals surface area contributed by atoms with Crippen LogP contribution in [0, 0.1) is 5.92 Å². The fourth-order valence-corrected chi connectivity index (χ4v) is 2.35. The third-order valence-electron chi connectivity index (χ3n) is 2.01. The monoisotopic (exact) mass is 260 g/mol. The van der Waals surface area contributed by atoms with Gasteiger partial charge in [0.15, 0.2) is 6.10 Å². The number of thiocarbonyl (C=S) groups is 1. The SMILES string of the molecule is C=CCNC(=O)C1OSCC(=S)C1C(N)=O. The van der Waals surface area contributed by atoms with Gasteiger partial charge in [0, 0.05) is 11.4 Å². The van der Waals surface area contributed by atoms with Crippen LogP contribution in [0.25, 0.3) is 0 Å². The lowest BCUT2D eigenvalue weighted by molar-refractivity contribution is -0.133. The molecule has 0 saturated carbocycles. The molecule has 0 aliphatic carbocycles. The molecular weight excluding hydrogens is 248 g/mol. The highest BCUT2D eigenvalue weighted by molar-refractivity contribution is 7.97. The van der Waals surface area contributed by atoms with E-state index in [0.29, 0.717) is 17.2 Å². The van der Waals surface area contributed by atoms with Crippen molar-refractivity contribution in [2.24, 2.45) is 11.7 Å². The molecule has 2 unspecified atom stereocenters. The lowest BCUT2D eigenvalue weighted by Crippen LogP contribution is -2.50. The van der Waals surface area contributed by atoms with Crippen molar-refractivity contribution < 1.29 is 13.8 Å². The molecule has 2 atom stereocenters. The van der Waals surface area contributed by atoms with E-state index >= 15 is 0 Å². The second kappa shape index (κ2) is 5.97. The first kappa shape index (κ1) is 13.1. The second-order valence-electron chi connectivity index (χ2n) is 3.16. The molecule has 1 saturated heterocycles. The van der Waals surface area contributed by atoms with Crippen molar-refractivity contribution in [2.75, 3.05) is 12.3 Å². The molecule has 0 aromatic rings. The minimum absolute atomic E-state index is 0.307. The smallest absolute Gasteiger partial charge is 0.251 e. The van der Waals surface area contributed by atoms with E-state index in [1.54, 1.807) is 0 Å². The zero-order valence-corrected chi connectivity index (χ0v) is 10.1. The molecule has 16 heavy (non-hydrogen) atoms. The van der Waals surface area contributed by atoms with Gasteiger partial charge >= 0.3 is 0 Å². The van der Waals surface area contributed by atoms with Gasteiger partial charge in [-0.25, -0.2) is 0 Å². The van der Waals surface area contributed by atoms with Crippen LogP contribution in [0.5, 0.6) is 0 Å². The summed E-state index contributed by atoms with van der Waals surface area (Å²) in [5.41, 5.74) is 5.20. The van der Waals surface area contributed by atoms with Gasteiger partial charge in [-0.05, 0) is 12.0 Å². The van der Waals surface area contributed by atoms with Gasteiger partial charge in [0.1, 0.15) is 5.92 Å². The summed E-state index contributed by atoms with van der Waals surface area (Å²) in [4.78, 5) is 23.3. The molecule has 0 aromatic carbocycles. The number of carbonyl (C=O) groups excluding carboxylic acids is 2. The molecule has 0 aromatic heterocycles. The Morgan fingerprint density at radius 3 is 3.00 bits per heavy atom. The number of hydrogen-bond donors (Lipinski definition) is 2. The van der Waals surface area contributed by atoms with Crippen LogP contribution in [-0.4, -0.2) is 35.1 Å². The van der Waals surface area contributed by atoms with Gasteiger partial charge in [-0.1, -0.05) is 18.3 Å². The molecule has 5 nitrogen and oxygen atoms in total. The van der Waals surface area contributed by atoms with Crippen molar-refractivity contribution in [1.29, 1.82) is 0 Å². The molecule has 0 radical (unpaired) electrons. The number of nitrogens with one attached hydrogen (secondary N) is 1. The maximum absolute atomic E-state index is 11.7. The summed E-state index contributed by atoms with van der Waals surface area (Å²) in [5.74, 6) is -1.47. The average molecular weight is 260 g/mol. The highest BCUT2D eigenvalue weighted by Crippen LogP contribution is 2.25. The van der Waals surface area contributed by atoms with Gasteiger partial charge < -0.3 is 15.2 Å². The van der Waals surface area contributed by atoms with Crippen molar-refractivity contribution in [3.8, 4) is 0 Å². The zero-order chi connectivity index (χ0) is 12.1. The van der Waals surface area contributed by atoms with Crippen molar-refractivity contribution in [2.45, 2.75) is 6.10 Å². The first-order chi connectivity index (χ1) is 7.57. The van der Waals surface area contributed by atoms with E-state index in [1.165, 1.54) is 6.08 Å². The third kappa shape index (κ3) is 3.03. The Balaban J connectivity index is 2.74. The quantitative estimate of drug-likeness (QED) is 0.416. The number of nitrogens with two attached hydrogens (primary N) is 1. The Bertz CT molecular complexity index is 333. The molecule has 1 rings (SSSR count). The van der Waals surface area contributed by atoms with E-state index in [4.69, 9.17) is 22.1 Å². The fraction of sp³-hybridized carbons (Fsp3) is 0.444. The molecule has 7 heteroatoms. The van der Waals surface area contributed by atoms with E-state index in [2.05, 4.69) is 11.9 Å². The van der Waals surface area contributed by atoms with Crippen LogP contribution in [-0.2, 0) is 13.8 Å². The Hall–Kier alpha value is -0.920. The second-order valence-corrected chi connectivity index (χ2v) is 4.40. The maximum atomic E-state index is 11.7. The van der Waals surface area contributed by atoms with Crippen LogP contribution in [0.1, 0.15) is 0 Å². The van der Waals surface area contributed by atoms with Crippen LogP contribution in [0.3, 0.4) is 0 Å². The van der Waals surface area contributed by atoms with E-state index in [0.717, 1.165) is 12.0 Å². The Morgan fingerprint density at radius 2 is 2.44 bits per heavy atom. The van der Waals surface area contributed by atoms with Gasteiger partial charge in [-0.15, -0.1) is 6.58 Å². The molecule has 1 aliphatic rings. The molecule has 1 fully saturated rings. The first-order valence-corrected chi connectivity index (χ1v) is 5.88. The van der Waals surface area contributed by atoms with Crippen LogP contribution < -0.4 is 11.1 Å². The van der Waals surface area contributed by atoms with Crippen LogP contribution >= 0.6 is 24.3 Å².